The molecule has 0 aliphatic rings. The van der Waals surface area contributed by atoms with Crippen molar-refractivity contribution in [1.29, 1.82) is 0 Å². The van der Waals surface area contributed by atoms with Gasteiger partial charge in [-0.25, -0.2) is 9.97 Å². The van der Waals surface area contributed by atoms with Gasteiger partial charge in [0.05, 0.1) is 25.6 Å². The molecule has 2 aromatic rings. The number of ether oxygens (including phenoxy) is 2. The largest absolute Gasteiger partial charge is 0.494 e. The number of hydrogen-bond acceptors (Lipinski definition) is 4. The van der Waals surface area contributed by atoms with Gasteiger partial charge in [-0.05, 0) is 37.1 Å². The molecule has 0 radical (unpaired) electrons. The number of rotatable bonds is 21. The van der Waals surface area contributed by atoms with E-state index >= 15 is 0 Å². The van der Waals surface area contributed by atoms with Crippen molar-refractivity contribution in [2.24, 2.45) is 0 Å². The third-order valence-corrected chi connectivity index (χ3v) is 6.27. The predicted molar refractivity (Wildman–Crippen MR) is 144 cm³/mol. The van der Waals surface area contributed by atoms with E-state index in [0.29, 0.717) is 5.82 Å². The summed E-state index contributed by atoms with van der Waals surface area (Å²) in [6.07, 6.45) is 24.5. The fraction of sp³-hybridized carbons (Fsp3) is 0.667. The van der Waals surface area contributed by atoms with E-state index in [1.165, 1.54) is 89.9 Å². The highest BCUT2D eigenvalue weighted by Crippen LogP contribution is 2.21. The summed E-state index contributed by atoms with van der Waals surface area (Å²) in [5.74, 6) is 2.38. The predicted octanol–water partition coefficient (Wildman–Crippen LogP) is 9.18. The Morgan fingerprint density at radius 3 is 1.38 bits per heavy atom. The summed E-state index contributed by atoms with van der Waals surface area (Å²) in [6, 6.07) is 8.08. The molecule has 190 valence electrons. The van der Waals surface area contributed by atoms with Crippen LogP contribution in [0.3, 0.4) is 0 Å². The molecule has 1 aromatic carbocycles. The molecule has 0 N–H and O–H groups in total. The van der Waals surface area contributed by atoms with Gasteiger partial charge in [-0.3, -0.25) is 0 Å². The lowest BCUT2D eigenvalue weighted by molar-refractivity contribution is 0.302. The molecule has 0 saturated heterocycles. The zero-order valence-corrected chi connectivity index (χ0v) is 21.9. The second-order valence-corrected chi connectivity index (χ2v) is 9.41. The monoisotopic (exact) mass is 468 g/mol. The second kappa shape index (κ2) is 19.2. The minimum absolute atomic E-state index is 0.716. The van der Waals surface area contributed by atoms with Gasteiger partial charge in [0.2, 0.25) is 0 Å². The van der Waals surface area contributed by atoms with Crippen LogP contribution in [0.2, 0.25) is 0 Å². The minimum Gasteiger partial charge on any atom is -0.494 e. The molecule has 0 saturated carbocycles. The van der Waals surface area contributed by atoms with Gasteiger partial charge in [0, 0.05) is 5.56 Å². The normalized spacial score (nSPS) is 11.0. The molecule has 4 nitrogen and oxygen atoms in total. The maximum atomic E-state index is 5.91. The van der Waals surface area contributed by atoms with Gasteiger partial charge in [-0.1, -0.05) is 104 Å². The Balaban J connectivity index is 1.56. The van der Waals surface area contributed by atoms with Crippen LogP contribution in [0, 0.1) is 0 Å². The highest BCUT2D eigenvalue weighted by molar-refractivity contribution is 5.56. The first-order chi connectivity index (χ1) is 16.8. The van der Waals surface area contributed by atoms with Crippen LogP contribution < -0.4 is 9.47 Å². The van der Waals surface area contributed by atoms with Crippen molar-refractivity contribution >= 4 is 0 Å². The molecule has 2 rings (SSSR count). The van der Waals surface area contributed by atoms with Gasteiger partial charge in [-0.2, -0.15) is 0 Å². The fourth-order valence-corrected chi connectivity index (χ4v) is 4.09. The molecular weight excluding hydrogens is 420 g/mol. The summed E-state index contributed by atoms with van der Waals surface area (Å²) in [5, 5.41) is 0. The average molecular weight is 469 g/mol. The van der Waals surface area contributed by atoms with E-state index in [1.54, 1.807) is 12.4 Å². The van der Waals surface area contributed by atoms with Crippen LogP contribution in [0.5, 0.6) is 11.5 Å². The molecule has 0 fully saturated rings. The third-order valence-electron chi connectivity index (χ3n) is 6.27. The molecule has 0 unspecified atom stereocenters. The van der Waals surface area contributed by atoms with E-state index in [0.717, 1.165) is 43.1 Å². The highest BCUT2D eigenvalue weighted by atomic mass is 16.5. The van der Waals surface area contributed by atoms with Crippen molar-refractivity contribution in [3.05, 3.63) is 36.7 Å². The Bertz CT molecular complexity index is 716. The Labute approximate surface area is 208 Å². The lowest BCUT2D eigenvalue weighted by Crippen LogP contribution is -1.99. The topological polar surface area (TPSA) is 44.2 Å². The molecule has 0 aliphatic carbocycles. The quantitative estimate of drug-likeness (QED) is 0.171. The summed E-state index contributed by atoms with van der Waals surface area (Å²) in [6.45, 7) is 6.04. The van der Waals surface area contributed by atoms with Crippen LogP contribution >= 0.6 is 0 Å². The zero-order valence-electron chi connectivity index (χ0n) is 21.9. The molecule has 0 amide bonds. The highest BCUT2D eigenvalue weighted by Gasteiger charge is 2.03. The van der Waals surface area contributed by atoms with Crippen LogP contribution in [0.25, 0.3) is 11.4 Å². The molecule has 0 atom stereocenters. The van der Waals surface area contributed by atoms with Crippen molar-refractivity contribution in [3.63, 3.8) is 0 Å². The average Bonchev–Trinajstić information content (AvgIpc) is 2.87. The number of hydrogen-bond donors (Lipinski definition) is 0. The van der Waals surface area contributed by atoms with Crippen LogP contribution in [0.15, 0.2) is 36.7 Å². The molecular formula is C30H48N2O2. The van der Waals surface area contributed by atoms with Gasteiger partial charge in [0.1, 0.15) is 5.75 Å². The lowest BCUT2D eigenvalue weighted by atomic mass is 10.1. The van der Waals surface area contributed by atoms with Gasteiger partial charge in [0.15, 0.2) is 11.6 Å². The summed E-state index contributed by atoms with van der Waals surface area (Å²) >= 11 is 0. The molecule has 34 heavy (non-hydrogen) atoms. The van der Waals surface area contributed by atoms with Crippen LogP contribution in [0.1, 0.15) is 117 Å². The maximum Gasteiger partial charge on any atom is 0.159 e. The standard InChI is InChI=1S/C30H48N2O2/c1-3-5-7-9-11-12-13-14-16-17-23-33-28-21-19-27(20-22-28)30-31-25-29(26-32-30)34-24-18-15-10-8-6-4-2/h19-22,25-26H,3-18,23-24H2,1-2H3. The van der Waals surface area contributed by atoms with E-state index in [9.17, 15) is 0 Å². The number of unbranched alkanes of at least 4 members (excludes halogenated alkanes) is 14. The summed E-state index contributed by atoms with van der Waals surface area (Å²) in [7, 11) is 0. The van der Waals surface area contributed by atoms with E-state index in [4.69, 9.17) is 9.47 Å². The Kier molecular flexibility index (Phi) is 15.9. The van der Waals surface area contributed by atoms with E-state index in [2.05, 4.69) is 23.8 Å². The third kappa shape index (κ3) is 13.0. The van der Waals surface area contributed by atoms with Gasteiger partial charge < -0.3 is 9.47 Å². The van der Waals surface area contributed by atoms with Crippen molar-refractivity contribution in [2.75, 3.05) is 13.2 Å². The van der Waals surface area contributed by atoms with Crippen molar-refractivity contribution in [1.82, 2.24) is 9.97 Å². The summed E-state index contributed by atoms with van der Waals surface area (Å²) in [5.41, 5.74) is 0.994. The number of aromatic nitrogens is 2. The summed E-state index contributed by atoms with van der Waals surface area (Å²) < 4.78 is 11.7. The maximum absolute atomic E-state index is 5.91. The Morgan fingerprint density at radius 2 is 0.912 bits per heavy atom. The van der Waals surface area contributed by atoms with E-state index < -0.39 is 0 Å². The molecule has 0 aliphatic heterocycles. The first-order valence-corrected chi connectivity index (χ1v) is 14.0. The molecule has 1 heterocycles. The number of benzene rings is 1. The van der Waals surface area contributed by atoms with Crippen molar-refractivity contribution in [3.8, 4) is 22.9 Å². The van der Waals surface area contributed by atoms with Crippen LogP contribution in [0.4, 0.5) is 0 Å². The molecule has 4 heteroatoms. The Hall–Kier alpha value is -2.10. The van der Waals surface area contributed by atoms with E-state index in [1.807, 2.05) is 24.3 Å². The smallest absolute Gasteiger partial charge is 0.159 e. The fourth-order valence-electron chi connectivity index (χ4n) is 4.09. The molecule has 1 aromatic heterocycles. The molecule has 0 spiro atoms. The Morgan fingerprint density at radius 1 is 0.500 bits per heavy atom. The summed E-state index contributed by atoms with van der Waals surface area (Å²) in [4.78, 5) is 8.95. The first-order valence-electron chi connectivity index (χ1n) is 14.0. The SMILES string of the molecule is CCCCCCCCCCCCOc1ccc(-c2ncc(OCCCCCCCC)cn2)cc1. The molecule has 0 bridgehead atoms. The van der Waals surface area contributed by atoms with Gasteiger partial charge in [-0.15, -0.1) is 0 Å². The van der Waals surface area contributed by atoms with Crippen molar-refractivity contribution < 1.29 is 9.47 Å². The first kappa shape index (κ1) is 28.1. The van der Waals surface area contributed by atoms with Crippen molar-refractivity contribution in [2.45, 2.75) is 117 Å². The van der Waals surface area contributed by atoms with Gasteiger partial charge >= 0.3 is 0 Å². The van der Waals surface area contributed by atoms with Crippen LogP contribution in [-0.4, -0.2) is 23.2 Å². The number of nitrogens with zero attached hydrogens (tertiary/aromatic N) is 2. The minimum atomic E-state index is 0.716. The van der Waals surface area contributed by atoms with Gasteiger partial charge in [0.25, 0.3) is 0 Å². The van der Waals surface area contributed by atoms with E-state index in [-0.39, 0.29) is 0 Å². The lowest BCUT2D eigenvalue weighted by Gasteiger charge is -2.08. The second-order valence-electron chi connectivity index (χ2n) is 9.41. The zero-order chi connectivity index (χ0) is 24.1. The van der Waals surface area contributed by atoms with Crippen LogP contribution in [-0.2, 0) is 0 Å².